The van der Waals surface area contributed by atoms with E-state index in [9.17, 15) is 4.79 Å². The predicted molar refractivity (Wildman–Crippen MR) is 46.5 cm³/mol. The largest absolute Gasteiger partial charge is 0.475 e. The van der Waals surface area contributed by atoms with E-state index < -0.39 is 5.97 Å². The fourth-order valence-corrected chi connectivity index (χ4v) is 1.08. The Morgan fingerprint density at radius 2 is 2.23 bits per heavy atom. The molecule has 0 aliphatic carbocycles. The van der Waals surface area contributed by atoms with Gasteiger partial charge in [-0.2, -0.15) is 5.10 Å². The SMILES string of the molecule is CC(C)Cc1nc(C(=O)O)n(C)n1. The molecule has 0 amide bonds. The molecule has 0 spiro atoms. The fourth-order valence-electron chi connectivity index (χ4n) is 1.08. The number of hydrogen-bond acceptors (Lipinski definition) is 3. The topological polar surface area (TPSA) is 68.0 Å². The maximum Gasteiger partial charge on any atom is 0.373 e. The number of nitrogens with zero attached hydrogens (tertiary/aromatic N) is 3. The van der Waals surface area contributed by atoms with Gasteiger partial charge >= 0.3 is 5.97 Å². The van der Waals surface area contributed by atoms with Crippen molar-refractivity contribution in [2.24, 2.45) is 13.0 Å². The zero-order valence-corrected chi connectivity index (χ0v) is 7.98. The average molecular weight is 183 g/mol. The summed E-state index contributed by atoms with van der Waals surface area (Å²) in [6, 6.07) is 0. The fraction of sp³-hybridized carbons (Fsp3) is 0.625. The number of aromatic carboxylic acids is 1. The molecule has 13 heavy (non-hydrogen) atoms. The third-order valence-electron chi connectivity index (χ3n) is 1.59. The molecule has 72 valence electrons. The van der Waals surface area contributed by atoms with Crippen LogP contribution in [-0.4, -0.2) is 25.8 Å². The minimum Gasteiger partial charge on any atom is -0.475 e. The second-order valence-corrected chi connectivity index (χ2v) is 3.38. The molecule has 1 rings (SSSR count). The van der Waals surface area contributed by atoms with Crippen LogP contribution in [0.25, 0.3) is 0 Å². The summed E-state index contributed by atoms with van der Waals surface area (Å²) in [7, 11) is 1.58. The highest BCUT2D eigenvalue weighted by atomic mass is 16.4. The summed E-state index contributed by atoms with van der Waals surface area (Å²) < 4.78 is 1.29. The van der Waals surface area contributed by atoms with Crippen LogP contribution in [0.3, 0.4) is 0 Å². The van der Waals surface area contributed by atoms with Crippen LogP contribution in [0.1, 0.15) is 30.3 Å². The molecule has 0 saturated heterocycles. The third-order valence-corrected chi connectivity index (χ3v) is 1.59. The molecule has 0 atom stereocenters. The van der Waals surface area contributed by atoms with E-state index in [-0.39, 0.29) is 5.82 Å². The molecule has 0 aromatic carbocycles. The second kappa shape index (κ2) is 3.55. The van der Waals surface area contributed by atoms with Crippen molar-refractivity contribution < 1.29 is 9.90 Å². The third kappa shape index (κ3) is 2.27. The number of carboxylic acid groups (broad SMARTS) is 1. The number of hydrogen-bond donors (Lipinski definition) is 1. The lowest BCUT2D eigenvalue weighted by atomic mass is 10.1. The highest BCUT2D eigenvalue weighted by Gasteiger charge is 2.13. The highest BCUT2D eigenvalue weighted by molar-refractivity contribution is 5.83. The van der Waals surface area contributed by atoms with Crippen LogP contribution >= 0.6 is 0 Å². The molecule has 0 fully saturated rings. The maximum atomic E-state index is 10.6. The molecule has 0 aliphatic heterocycles. The van der Waals surface area contributed by atoms with E-state index in [0.717, 1.165) is 0 Å². The standard InChI is InChI=1S/C8H13N3O2/c1-5(2)4-6-9-7(8(12)13)11(3)10-6/h5H,4H2,1-3H3,(H,12,13). The Balaban J connectivity index is 2.89. The van der Waals surface area contributed by atoms with Crippen LogP contribution < -0.4 is 0 Å². The van der Waals surface area contributed by atoms with Crippen molar-refractivity contribution in [1.29, 1.82) is 0 Å². The van der Waals surface area contributed by atoms with Gasteiger partial charge in [0.05, 0.1) is 0 Å². The number of carboxylic acids is 1. The van der Waals surface area contributed by atoms with Gasteiger partial charge in [-0.25, -0.2) is 14.5 Å². The first-order valence-electron chi connectivity index (χ1n) is 4.14. The Bertz CT molecular complexity index is 317. The number of carbonyl (C=O) groups is 1. The van der Waals surface area contributed by atoms with Crippen LogP contribution in [0, 0.1) is 5.92 Å². The smallest absolute Gasteiger partial charge is 0.373 e. The molecule has 1 aromatic heterocycles. The quantitative estimate of drug-likeness (QED) is 0.749. The van der Waals surface area contributed by atoms with Gasteiger partial charge in [0, 0.05) is 13.5 Å². The number of aromatic nitrogens is 3. The maximum absolute atomic E-state index is 10.6. The van der Waals surface area contributed by atoms with Crippen molar-refractivity contribution in [3.8, 4) is 0 Å². The minimum atomic E-state index is -1.04. The second-order valence-electron chi connectivity index (χ2n) is 3.38. The summed E-state index contributed by atoms with van der Waals surface area (Å²) in [4.78, 5) is 14.5. The summed E-state index contributed by atoms with van der Waals surface area (Å²) in [6.45, 7) is 4.08. The van der Waals surface area contributed by atoms with Crippen molar-refractivity contribution in [2.75, 3.05) is 0 Å². The van der Waals surface area contributed by atoms with Gasteiger partial charge in [-0.3, -0.25) is 0 Å². The molecule has 0 aliphatic rings. The van der Waals surface area contributed by atoms with Gasteiger partial charge in [0.2, 0.25) is 5.82 Å². The first kappa shape index (κ1) is 9.70. The lowest BCUT2D eigenvalue weighted by molar-refractivity contribution is 0.0678. The summed E-state index contributed by atoms with van der Waals surface area (Å²) in [5.41, 5.74) is 0. The molecule has 0 radical (unpaired) electrons. The lowest BCUT2D eigenvalue weighted by Crippen LogP contribution is -2.06. The van der Waals surface area contributed by atoms with Gasteiger partial charge in [0.15, 0.2) is 5.82 Å². The molecule has 5 heteroatoms. The van der Waals surface area contributed by atoms with Gasteiger partial charge in [-0.05, 0) is 5.92 Å². The Kier molecular flexibility index (Phi) is 2.65. The summed E-state index contributed by atoms with van der Waals surface area (Å²) in [6.07, 6.45) is 0.709. The van der Waals surface area contributed by atoms with E-state index in [2.05, 4.69) is 10.1 Å². The van der Waals surface area contributed by atoms with Crippen LogP contribution in [0.4, 0.5) is 0 Å². The summed E-state index contributed by atoms with van der Waals surface area (Å²) >= 11 is 0. The molecule has 0 bridgehead atoms. The molecule has 1 aromatic rings. The van der Waals surface area contributed by atoms with Crippen molar-refractivity contribution >= 4 is 5.97 Å². The van der Waals surface area contributed by atoms with Crippen LogP contribution in [0.5, 0.6) is 0 Å². The van der Waals surface area contributed by atoms with Gasteiger partial charge in [0.25, 0.3) is 0 Å². The Morgan fingerprint density at radius 3 is 2.62 bits per heavy atom. The van der Waals surface area contributed by atoms with Crippen molar-refractivity contribution in [3.63, 3.8) is 0 Å². The summed E-state index contributed by atoms with van der Waals surface area (Å²) in [5, 5.41) is 12.7. The predicted octanol–water partition coefficient (Wildman–Crippen LogP) is 0.712. The van der Waals surface area contributed by atoms with Gasteiger partial charge in [-0.15, -0.1) is 0 Å². The normalized spacial score (nSPS) is 10.8. The molecule has 0 saturated carbocycles. The molecule has 0 unspecified atom stereocenters. The molecular weight excluding hydrogens is 170 g/mol. The molecule has 1 heterocycles. The summed E-state index contributed by atoms with van der Waals surface area (Å²) in [5.74, 6) is -0.0143. The Labute approximate surface area is 76.4 Å². The van der Waals surface area contributed by atoms with E-state index in [1.54, 1.807) is 7.05 Å². The first-order chi connectivity index (χ1) is 6.00. The van der Waals surface area contributed by atoms with Crippen molar-refractivity contribution in [3.05, 3.63) is 11.6 Å². The number of aryl methyl sites for hydroxylation is 1. The lowest BCUT2D eigenvalue weighted by Gasteiger charge is -1.96. The first-order valence-corrected chi connectivity index (χ1v) is 4.14. The highest BCUT2D eigenvalue weighted by Crippen LogP contribution is 2.04. The zero-order chi connectivity index (χ0) is 10.0. The minimum absolute atomic E-state index is 0.00403. The van der Waals surface area contributed by atoms with E-state index in [4.69, 9.17) is 5.11 Å². The zero-order valence-electron chi connectivity index (χ0n) is 7.98. The molecule has 1 N–H and O–H groups in total. The van der Waals surface area contributed by atoms with Crippen LogP contribution in [0.2, 0.25) is 0 Å². The monoisotopic (exact) mass is 183 g/mol. The van der Waals surface area contributed by atoms with E-state index in [0.29, 0.717) is 18.2 Å². The van der Waals surface area contributed by atoms with Crippen LogP contribution in [0.15, 0.2) is 0 Å². The van der Waals surface area contributed by atoms with Crippen molar-refractivity contribution in [2.45, 2.75) is 20.3 Å². The Hall–Kier alpha value is -1.39. The number of rotatable bonds is 3. The van der Waals surface area contributed by atoms with E-state index in [1.807, 2.05) is 13.8 Å². The van der Waals surface area contributed by atoms with Gasteiger partial charge < -0.3 is 5.11 Å². The van der Waals surface area contributed by atoms with Gasteiger partial charge in [0.1, 0.15) is 0 Å². The van der Waals surface area contributed by atoms with Gasteiger partial charge in [-0.1, -0.05) is 13.8 Å². The van der Waals surface area contributed by atoms with Crippen molar-refractivity contribution in [1.82, 2.24) is 14.8 Å². The van der Waals surface area contributed by atoms with E-state index in [1.165, 1.54) is 4.68 Å². The molecular formula is C8H13N3O2. The van der Waals surface area contributed by atoms with E-state index >= 15 is 0 Å². The average Bonchev–Trinajstić information content (AvgIpc) is 2.29. The molecule has 5 nitrogen and oxygen atoms in total. The van der Waals surface area contributed by atoms with Crippen LogP contribution in [-0.2, 0) is 13.5 Å². The Morgan fingerprint density at radius 1 is 1.62 bits per heavy atom.